The summed E-state index contributed by atoms with van der Waals surface area (Å²) in [6.07, 6.45) is -4.61. The molecule has 0 aliphatic heterocycles. The number of carbonyl (C=O) groups is 1. The van der Waals surface area contributed by atoms with Crippen molar-refractivity contribution in [2.24, 2.45) is 0 Å². The quantitative estimate of drug-likeness (QED) is 0.492. The minimum atomic E-state index is -4.78. The summed E-state index contributed by atoms with van der Waals surface area (Å²) in [5, 5.41) is 0. The van der Waals surface area contributed by atoms with E-state index < -0.39 is 17.6 Å². The molecule has 69 valence electrons. The van der Waals surface area contributed by atoms with E-state index in [-0.39, 0.29) is 11.8 Å². The molecule has 0 unspecified atom stereocenters. The van der Waals surface area contributed by atoms with Gasteiger partial charge in [-0.05, 0) is 18.2 Å². The molecule has 0 aromatic heterocycles. The first-order valence-electron chi connectivity index (χ1n) is 3.19. The van der Waals surface area contributed by atoms with Gasteiger partial charge >= 0.3 is 6.18 Å². The predicted molar refractivity (Wildman–Crippen MR) is 35.6 cm³/mol. The molecule has 0 saturated carbocycles. The van der Waals surface area contributed by atoms with Crippen LogP contribution in [0.5, 0.6) is 0 Å². The van der Waals surface area contributed by atoms with E-state index in [4.69, 9.17) is 0 Å². The van der Waals surface area contributed by atoms with Gasteiger partial charge in [0.15, 0.2) is 6.29 Å². The van der Waals surface area contributed by atoms with E-state index in [1.165, 1.54) is 0 Å². The van der Waals surface area contributed by atoms with Crippen molar-refractivity contribution in [3.63, 3.8) is 0 Å². The number of aldehydes is 1. The van der Waals surface area contributed by atoms with Crippen molar-refractivity contribution in [2.75, 3.05) is 0 Å². The standard InChI is InChI=1S/C8H3F4O/c9-7-2-1-5(4-13)3-6(7)8(10,11)12/h2-4H. The zero-order chi connectivity index (χ0) is 10.1. The molecule has 0 N–H and O–H groups in total. The second kappa shape index (κ2) is 3.16. The number of alkyl halides is 3. The molecular weight excluding hydrogens is 188 g/mol. The lowest BCUT2D eigenvalue weighted by atomic mass is 10.1. The minimum absolute atomic E-state index is 0.175. The van der Waals surface area contributed by atoms with Gasteiger partial charge in [0.05, 0.1) is 5.56 Å². The Bertz CT molecular complexity index is 329. The van der Waals surface area contributed by atoms with Crippen LogP contribution in [-0.2, 0) is 6.18 Å². The maximum absolute atomic E-state index is 12.5. The van der Waals surface area contributed by atoms with E-state index in [1.807, 2.05) is 0 Å². The molecule has 1 rings (SSSR count). The van der Waals surface area contributed by atoms with Gasteiger partial charge in [0.2, 0.25) is 0 Å². The Morgan fingerprint density at radius 1 is 1.38 bits per heavy atom. The zero-order valence-corrected chi connectivity index (χ0v) is 6.15. The highest BCUT2D eigenvalue weighted by Gasteiger charge is 2.34. The Balaban J connectivity index is 3.27. The van der Waals surface area contributed by atoms with Crippen molar-refractivity contribution in [3.05, 3.63) is 35.1 Å². The summed E-state index contributed by atoms with van der Waals surface area (Å²) in [6, 6.07) is 2.97. The smallest absolute Gasteiger partial charge is 0.298 e. The van der Waals surface area contributed by atoms with Crippen molar-refractivity contribution in [3.8, 4) is 0 Å². The Morgan fingerprint density at radius 3 is 2.46 bits per heavy atom. The number of hydrogen-bond donors (Lipinski definition) is 0. The summed E-state index contributed by atoms with van der Waals surface area (Å²) in [7, 11) is 0. The van der Waals surface area contributed by atoms with Gasteiger partial charge in [-0.1, -0.05) is 0 Å². The minimum Gasteiger partial charge on any atom is -0.298 e. The molecule has 1 nitrogen and oxygen atoms in total. The van der Waals surface area contributed by atoms with Crippen molar-refractivity contribution >= 4 is 6.29 Å². The second-order valence-electron chi connectivity index (χ2n) is 2.27. The molecule has 0 amide bonds. The van der Waals surface area contributed by atoms with Gasteiger partial charge in [-0.2, -0.15) is 13.2 Å². The first-order valence-corrected chi connectivity index (χ1v) is 3.19. The highest BCUT2D eigenvalue weighted by Crippen LogP contribution is 2.31. The fourth-order valence-electron chi connectivity index (χ4n) is 0.776. The lowest BCUT2D eigenvalue weighted by molar-refractivity contribution is -0.140. The summed E-state index contributed by atoms with van der Waals surface area (Å²) in [5.41, 5.74) is -1.78. The van der Waals surface area contributed by atoms with Crippen LogP contribution in [0.15, 0.2) is 12.1 Å². The van der Waals surface area contributed by atoms with Crippen LogP contribution in [-0.4, -0.2) is 6.29 Å². The summed E-state index contributed by atoms with van der Waals surface area (Å²) in [5.74, 6) is -1.43. The molecule has 0 heterocycles. The van der Waals surface area contributed by atoms with Crippen molar-refractivity contribution in [1.82, 2.24) is 0 Å². The first-order chi connectivity index (χ1) is 5.95. The lowest BCUT2D eigenvalue weighted by Crippen LogP contribution is -2.08. The fraction of sp³-hybridized carbons (Fsp3) is 0.125. The predicted octanol–water partition coefficient (Wildman–Crippen LogP) is 2.46. The number of rotatable bonds is 1. The van der Waals surface area contributed by atoms with Crippen molar-refractivity contribution in [1.29, 1.82) is 0 Å². The van der Waals surface area contributed by atoms with Crippen LogP contribution in [0, 0.1) is 11.9 Å². The molecular formula is C8H3F4O. The number of halogens is 4. The molecule has 13 heavy (non-hydrogen) atoms. The maximum Gasteiger partial charge on any atom is 0.419 e. The molecule has 0 fully saturated rings. The summed E-state index contributed by atoms with van der Waals surface area (Å²) in [4.78, 5) is 10.1. The van der Waals surface area contributed by atoms with Gasteiger partial charge in [-0.15, -0.1) is 0 Å². The SMILES string of the molecule is O=Cc1[c]cc(F)c(C(F)(F)F)c1. The number of hydrogen-bond acceptors (Lipinski definition) is 1. The van der Waals surface area contributed by atoms with Crippen LogP contribution in [0.1, 0.15) is 15.9 Å². The third-order valence-electron chi connectivity index (χ3n) is 1.36. The lowest BCUT2D eigenvalue weighted by Gasteiger charge is -2.07. The van der Waals surface area contributed by atoms with E-state index in [9.17, 15) is 22.4 Å². The van der Waals surface area contributed by atoms with Crippen molar-refractivity contribution < 1.29 is 22.4 Å². The van der Waals surface area contributed by atoms with Crippen LogP contribution in [0.25, 0.3) is 0 Å². The molecule has 0 saturated heterocycles. The summed E-state index contributed by atoms with van der Waals surface area (Å²) in [6.45, 7) is 0. The Kier molecular flexibility index (Phi) is 2.36. The first kappa shape index (κ1) is 9.70. The molecule has 5 heteroatoms. The van der Waals surface area contributed by atoms with Crippen LogP contribution in [0.2, 0.25) is 0 Å². The second-order valence-corrected chi connectivity index (χ2v) is 2.27. The van der Waals surface area contributed by atoms with Gasteiger partial charge < -0.3 is 0 Å². The fourth-order valence-corrected chi connectivity index (χ4v) is 0.776. The molecule has 0 aliphatic rings. The Hall–Kier alpha value is -1.39. The molecule has 0 spiro atoms. The van der Waals surface area contributed by atoms with Gasteiger partial charge in [0, 0.05) is 5.56 Å². The summed E-state index contributed by atoms with van der Waals surface area (Å²) < 4.78 is 48.5. The Labute approximate surface area is 71.0 Å². The van der Waals surface area contributed by atoms with Gasteiger partial charge in [0.1, 0.15) is 5.82 Å². The number of carbonyl (C=O) groups excluding carboxylic acids is 1. The van der Waals surface area contributed by atoms with Crippen LogP contribution in [0.3, 0.4) is 0 Å². The molecule has 1 aromatic carbocycles. The van der Waals surface area contributed by atoms with Gasteiger partial charge in [-0.25, -0.2) is 4.39 Å². The van der Waals surface area contributed by atoms with E-state index in [1.54, 1.807) is 0 Å². The van der Waals surface area contributed by atoms with E-state index in [2.05, 4.69) is 6.07 Å². The third-order valence-corrected chi connectivity index (χ3v) is 1.36. The average molecular weight is 191 g/mol. The largest absolute Gasteiger partial charge is 0.419 e. The molecule has 0 aliphatic carbocycles. The average Bonchev–Trinajstić information content (AvgIpc) is 2.03. The third kappa shape index (κ3) is 2.05. The summed E-state index contributed by atoms with van der Waals surface area (Å²) >= 11 is 0. The molecule has 1 aromatic rings. The van der Waals surface area contributed by atoms with Gasteiger partial charge in [-0.3, -0.25) is 4.79 Å². The van der Waals surface area contributed by atoms with Crippen LogP contribution >= 0.6 is 0 Å². The van der Waals surface area contributed by atoms with E-state index in [0.717, 1.165) is 0 Å². The normalized spacial score (nSPS) is 11.4. The molecule has 1 radical (unpaired) electrons. The van der Waals surface area contributed by atoms with Crippen molar-refractivity contribution in [2.45, 2.75) is 6.18 Å². The topological polar surface area (TPSA) is 17.1 Å². The molecule has 0 bridgehead atoms. The Morgan fingerprint density at radius 2 is 2.00 bits per heavy atom. The highest BCUT2D eigenvalue weighted by atomic mass is 19.4. The van der Waals surface area contributed by atoms with E-state index >= 15 is 0 Å². The van der Waals surface area contributed by atoms with Crippen LogP contribution in [0.4, 0.5) is 17.6 Å². The van der Waals surface area contributed by atoms with Gasteiger partial charge in [0.25, 0.3) is 0 Å². The maximum atomic E-state index is 12.5. The van der Waals surface area contributed by atoms with E-state index in [0.29, 0.717) is 12.1 Å². The zero-order valence-electron chi connectivity index (χ0n) is 6.15. The molecule has 0 atom stereocenters. The highest BCUT2D eigenvalue weighted by molar-refractivity contribution is 5.74. The number of benzene rings is 1. The monoisotopic (exact) mass is 191 g/mol. The van der Waals surface area contributed by atoms with Crippen LogP contribution < -0.4 is 0 Å².